The second-order valence-corrected chi connectivity index (χ2v) is 11.8. The number of carbonyl (C=O) groups is 3. The number of imide groups is 1. The van der Waals surface area contributed by atoms with Gasteiger partial charge in [-0.3, -0.25) is 19.2 Å². The number of fused-ring (bicyclic) bond motifs is 2. The third-order valence-corrected chi connectivity index (χ3v) is 9.62. The van der Waals surface area contributed by atoms with E-state index in [-0.39, 0.29) is 23.1 Å². The topological polar surface area (TPSA) is 109 Å². The molecule has 3 aliphatic rings. The summed E-state index contributed by atoms with van der Waals surface area (Å²) in [4.78, 5) is 57.4. The highest BCUT2D eigenvalue weighted by Gasteiger charge is 2.56. The fourth-order valence-electron chi connectivity index (χ4n) is 5.27. The quantitative estimate of drug-likeness (QED) is 0.444. The van der Waals surface area contributed by atoms with Crippen molar-refractivity contribution in [3.63, 3.8) is 0 Å². The van der Waals surface area contributed by atoms with E-state index in [0.717, 1.165) is 46.2 Å². The lowest BCUT2D eigenvalue weighted by atomic mass is 9.83. The maximum Gasteiger partial charge on any atom is 0.416 e. The molecule has 1 N–H and O–H groups in total. The van der Waals surface area contributed by atoms with Crippen molar-refractivity contribution in [2.45, 2.75) is 22.4 Å². The lowest BCUT2D eigenvalue weighted by molar-refractivity contribution is -0.138. The molecule has 0 unspecified atom stereocenters. The van der Waals surface area contributed by atoms with Crippen LogP contribution in [0.15, 0.2) is 58.4 Å². The number of nitrogens with zero attached hydrogens (tertiary/aromatic N) is 2. The minimum atomic E-state index is -4.65. The summed E-state index contributed by atoms with van der Waals surface area (Å²) in [6.45, 7) is 1.78. The van der Waals surface area contributed by atoms with Crippen LogP contribution in [0.2, 0.25) is 0 Å². The number of hydrogen-bond acceptors (Lipinski definition) is 8. The number of anilines is 1. The van der Waals surface area contributed by atoms with E-state index in [1.807, 2.05) is 0 Å². The summed E-state index contributed by atoms with van der Waals surface area (Å²) >= 11 is 1.97. The summed E-state index contributed by atoms with van der Waals surface area (Å²) in [6.07, 6.45) is -4.65. The Labute approximate surface area is 239 Å². The number of hydrogen-bond donors (Lipinski definition) is 1. The third kappa shape index (κ3) is 5.15. The van der Waals surface area contributed by atoms with Crippen LogP contribution in [-0.4, -0.2) is 65.8 Å². The van der Waals surface area contributed by atoms with E-state index in [0.29, 0.717) is 47.5 Å². The van der Waals surface area contributed by atoms with Gasteiger partial charge >= 0.3 is 11.0 Å². The highest BCUT2D eigenvalue weighted by molar-refractivity contribution is 8.00. The van der Waals surface area contributed by atoms with Gasteiger partial charge in [0.25, 0.3) is 5.91 Å². The van der Waals surface area contributed by atoms with Crippen LogP contribution in [0.25, 0.3) is 0 Å². The van der Waals surface area contributed by atoms with Crippen LogP contribution < -0.4 is 14.5 Å². The van der Waals surface area contributed by atoms with E-state index in [9.17, 15) is 32.3 Å². The number of rotatable bonds is 5. The van der Waals surface area contributed by atoms with Gasteiger partial charge in [0.1, 0.15) is 11.0 Å². The number of ether oxygens (including phenoxy) is 2. The first kappa shape index (κ1) is 27.5. The summed E-state index contributed by atoms with van der Waals surface area (Å²) in [7, 11) is 0. The molecule has 3 amide bonds. The number of morpholine rings is 1. The molecule has 3 atom stereocenters. The predicted molar refractivity (Wildman–Crippen MR) is 143 cm³/mol. The second kappa shape index (κ2) is 10.7. The third-order valence-electron chi connectivity index (χ3n) is 7.22. The summed E-state index contributed by atoms with van der Waals surface area (Å²) in [5, 5.41) is -0.489. The molecule has 2 fully saturated rings. The van der Waals surface area contributed by atoms with E-state index in [1.165, 1.54) is 6.07 Å². The molecule has 3 aromatic rings. The SMILES string of the molecule is O=C(COc1ccc([C@@H]2c3sc(=O)[nH]c3S[C@H]3C(=O)N(c4cccc(C(F)(F)F)c4)C(=O)[C@@H]23)cc1)N1CCOCC1. The average molecular weight is 606 g/mol. The van der Waals surface area contributed by atoms with Crippen LogP contribution in [0.1, 0.15) is 21.9 Å². The molecule has 6 rings (SSSR count). The fraction of sp³-hybridized carbons (Fsp3) is 0.333. The minimum absolute atomic E-state index is 0.158. The van der Waals surface area contributed by atoms with Gasteiger partial charge in [-0.05, 0) is 35.9 Å². The minimum Gasteiger partial charge on any atom is -0.484 e. The first-order valence-corrected chi connectivity index (χ1v) is 14.3. The van der Waals surface area contributed by atoms with E-state index in [4.69, 9.17) is 9.47 Å². The van der Waals surface area contributed by atoms with Crippen LogP contribution in [-0.2, 0) is 25.3 Å². The first-order chi connectivity index (χ1) is 19.6. The molecule has 0 saturated carbocycles. The number of alkyl halides is 3. The fourth-order valence-corrected chi connectivity index (χ4v) is 7.79. The second-order valence-electron chi connectivity index (χ2n) is 9.66. The Balaban J connectivity index is 1.28. The highest BCUT2D eigenvalue weighted by Crippen LogP contribution is 2.53. The molecule has 3 aliphatic heterocycles. The number of aromatic amines is 1. The van der Waals surface area contributed by atoms with Crippen molar-refractivity contribution in [3.05, 3.63) is 74.2 Å². The van der Waals surface area contributed by atoms with Crippen LogP contribution >= 0.6 is 23.1 Å². The van der Waals surface area contributed by atoms with E-state index < -0.39 is 40.6 Å². The number of nitrogens with one attached hydrogen (secondary N) is 1. The van der Waals surface area contributed by atoms with Crippen molar-refractivity contribution in [1.29, 1.82) is 0 Å². The van der Waals surface area contributed by atoms with Gasteiger partial charge in [-0.2, -0.15) is 13.2 Å². The number of thiazole rings is 1. The Bertz CT molecular complexity index is 1570. The van der Waals surface area contributed by atoms with E-state index in [1.54, 1.807) is 29.2 Å². The molecule has 41 heavy (non-hydrogen) atoms. The van der Waals surface area contributed by atoms with Crippen molar-refractivity contribution < 1.29 is 37.0 Å². The number of aromatic nitrogens is 1. The number of benzene rings is 2. The van der Waals surface area contributed by atoms with Crippen LogP contribution in [0.5, 0.6) is 5.75 Å². The lowest BCUT2D eigenvalue weighted by Crippen LogP contribution is -2.42. The van der Waals surface area contributed by atoms with Gasteiger partial charge in [-0.15, -0.1) is 0 Å². The van der Waals surface area contributed by atoms with Gasteiger partial charge in [0.05, 0.1) is 35.4 Å². The highest BCUT2D eigenvalue weighted by atomic mass is 32.2. The lowest BCUT2D eigenvalue weighted by Gasteiger charge is -2.30. The van der Waals surface area contributed by atoms with E-state index >= 15 is 0 Å². The Morgan fingerprint density at radius 2 is 1.78 bits per heavy atom. The first-order valence-electron chi connectivity index (χ1n) is 12.6. The maximum atomic E-state index is 13.8. The molecule has 2 aromatic carbocycles. The van der Waals surface area contributed by atoms with Gasteiger partial charge in [0, 0.05) is 23.9 Å². The molecular weight excluding hydrogens is 583 g/mol. The number of amides is 3. The molecule has 2 saturated heterocycles. The summed E-state index contributed by atoms with van der Waals surface area (Å²) < 4.78 is 51.0. The van der Waals surface area contributed by atoms with Crippen molar-refractivity contribution in [3.8, 4) is 5.75 Å². The number of carbonyl (C=O) groups excluding carboxylic acids is 3. The Morgan fingerprint density at radius 1 is 1.05 bits per heavy atom. The van der Waals surface area contributed by atoms with Crippen molar-refractivity contribution in [2.24, 2.45) is 5.92 Å². The molecule has 214 valence electrons. The smallest absolute Gasteiger partial charge is 0.416 e. The zero-order valence-electron chi connectivity index (χ0n) is 21.2. The normalized spacial score (nSPS) is 22.5. The molecule has 0 radical (unpaired) electrons. The maximum absolute atomic E-state index is 13.8. The van der Waals surface area contributed by atoms with Gasteiger partial charge in [-0.1, -0.05) is 41.3 Å². The molecule has 9 nitrogen and oxygen atoms in total. The predicted octanol–water partition coefficient (Wildman–Crippen LogP) is 3.49. The van der Waals surface area contributed by atoms with Crippen molar-refractivity contribution in [1.82, 2.24) is 9.88 Å². The number of H-pyrrole nitrogens is 1. The number of thioether (sulfide) groups is 1. The Kier molecular flexibility index (Phi) is 7.16. The number of halogens is 3. The monoisotopic (exact) mass is 605 g/mol. The Hall–Kier alpha value is -3.62. The average Bonchev–Trinajstić information content (AvgIpc) is 3.46. The van der Waals surface area contributed by atoms with E-state index in [2.05, 4.69) is 4.98 Å². The van der Waals surface area contributed by atoms with Gasteiger partial charge in [0.2, 0.25) is 11.8 Å². The molecule has 14 heteroatoms. The molecule has 4 heterocycles. The largest absolute Gasteiger partial charge is 0.484 e. The molecular formula is C27H22F3N3O6S2. The standard InChI is InChI=1S/C27H22F3N3O6S2/c28-27(29,30)15-2-1-3-16(12-15)33-24(35)20-19(21-23(31-26(37)41-21)40-22(20)25(33)36)14-4-6-17(7-5-14)39-13-18(34)32-8-10-38-11-9-32/h1-7,12,19-20,22H,8-11,13H2,(H,31,37)/t19-,20-,22+/m0/s1. The van der Waals surface area contributed by atoms with Gasteiger partial charge in [-0.25, -0.2) is 4.90 Å². The summed E-state index contributed by atoms with van der Waals surface area (Å²) in [5.74, 6) is -2.68. The molecule has 1 aromatic heterocycles. The van der Waals surface area contributed by atoms with Crippen LogP contribution in [0, 0.1) is 5.92 Å². The van der Waals surface area contributed by atoms with Crippen LogP contribution in [0.3, 0.4) is 0 Å². The zero-order chi connectivity index (χ0) is 28.9. The summed E-state index contributed by atoms with van der Waals surface area (Å²) in [6, 6.07) is 10.8. The van der Waals surface area contributed by atoms with Crippen LogP contribution in [0.4, 0.5) is 18.9 Å². The summed E-state index contributed by atoms with van der Waals surface area (Å²) in [5.41, 5.74) is -0.509. The molecule has 0 bridgehead atoms. The van der Waals surface area contributed by atoms with Gasteiger partial charge < -0.3 is 19.4 Å². The molecule has 0 spiro atoms. The molecule has 0 aliphatic carbocycles. The Morgan fingerprint density at radius 3 is 2.49 bits per heavy atom. The van der Waals surface area contributed by atoms with Gasteiger partial charge in [0.15, 0.2) is 6.61 Å². The zero-order valence-corrected chi connectivity index (χ0v) is 22.8. The van der Waals surface area contributed by atoms with Crippen molar-refractivity contribution in [2.75, 3.05) is 37.8 Å². The van der Waals surface area contributed by atoms with Crippen molar-refractivity contribution >= 4 is 46.5 Å².